The highest BCUT2D eigenvalue weighted by atomic mass is 19.4. The van der Waals surface area contributed by atoms with Gasteiger partial charge in [-0.25, -0.2) is 9.07 Å². The van der Waals surface area contributed by atoms with Gasteiger partial charge < -0.3 is 5.32 Å². The summed E-state index contributed by atoms with van der Waals surface area (Å²) in [5.41, 5.74) is 1.59. The lowest BCUT2D eigenvalue weighted by Crippen LogP contribution is -2.35. The molecular weight excluding hydrogens is 274 g/mol. The van der Waals surface area contributed by atoms with E-state index in [1.165, 1.54) is 35.1 Å². The number of nitrogens with zero attached hydrogens (tertiary/aromatic N) is 2. The second kappa shape index (κ2) is 4.50. The van der Waals surface area contributed by atoms with E-state index in [4.69, 9.17) is 0 Å². The summed E-state index contributed by atoms with van der Waals surface area (Å²) in [7, 11) is 0. The number of fused-ring (bicyclic) bond motifs is 1. The first-order chi connectivity index (χ1) is 9.45. The van der Waals surface area contributed by atoms with Crippen molar-refractivity contribution in [3.05, 3.63) is 42.0 Å². The van der Waals surface area contributed by atoms with Gasteiger partial charge in [0, 0.05) is 13.0 Å². The Morgan fingerprint density at radius 2 is 1.90 bits per heavy atom. The van der Waals surface area contributed by atoms with E-state index in [1.54, 1.807) is 0 Å². The Morgan fingerprint density at radius 1 is 1.20 bits per heavy atom. The maximum atomic E-state index is 12.9. The van der Waals surface area contributed by atoms with Crippen molar-refractivity contribution in [2.24, 2.45) is 5.92 Å². The van der Waals surface area contributed by atoms with Crippen LogP contribution in [0, 0.1) is 11.7 Å². The molecule has 1 aromatic carbocycles. The third kappa shape index (κ3) is 2.23. The van der Waals surface area contributed by atoms with Crippen molar-refractivity contribution in [2.75, 3.05) is 11.9 Å². The molecule has 3 rings (SSSR count). The van der Waals surface area contributed by atoms with Crippen LogP contribution >= 0.6 is 0 Å². The Labute approximate surface area is 112 Å². The van der Waals surface area contributed by atoms with Gasteiger partial charge in [0.2, 0.25) is 0 Å². The second-order valence-corrected chi connectivity index (χ2v) is 4.72. The molecule has 0 bridgehead atoms. The van der Waals surface area contributed by atoms with Gasteiger partial charge >= 0.3 is 6.18 Å². The minimum Gasteiger partial charge on any atom is -0.382 e. The highest BCUT2D eigenvalue weighted by molar-refractivity contribution is 5.52. The predicted molar refractivity (Wildman–Crippen MR) is 65.3 cm³/mol. The molecule has 20 heavy (non-hydrogen) atoms. The van der Waals surface area contributed by atoms with Crippen molar-refractivity contribution < 1.29 is 17.6 Å². The molecule has 7 heteroatoms. The van der Waals surface area contributed by atoms with Crippen LogP contribution in [0.4, 0.5) is 23.2 Å². The van der Waals surface area contributed by atoms with E-state index in [9.17, 15) is 17.6 Å². The maximum Gasteiger partial charge on any atom is 0.393 e. The summed E-state index contributed by atoms with van der Waals surface area (Å²) < 4.78 is 52.7. The predicted octanol–water partition coefficient (Wildman–Crippen LogP) is 3.16. The van der Waals surface area contributed by atoms with Gasteiger partial charge in [0.1, 0.15) is 5.82 Å². The smallest absolute Gasteiger partial charge is 0.382 e. The minimum atomic E-state index is -4.25. The van der Waals surface area contributed by atoms with Gasteiger partial charge in [0.25, 0.3) is 0 Å². The van der Waals surface area contributed by atoms with Crippen LogP contribution in [0.3, 0.4) is 0 Å². The lowest BCUT2D eigenvalue weighted by Gasteiger charge is -2.26. The molecular formula is C13H11F4N3. The number of aromatic nitrogens is 2. The number of benzene rings is 1. The minimum absolute atomic E-state index is 0.136. The zero-order chi connectivity index (χ0) is 14.3. The molecule has 0 radical (unpaired) electrons. The number of rotatable bonds is 1. The lowest BCUT2D eigenvalue weighted by molar-refractivity contribution is -0.171. The number of hydrogen-bond donors (Lipinski definition) is 1. The summed E-state index contributed by atoms with van der Waals surface area (Å²) in [6, 6.07) is 5.47. The van der Waals surface area contributed by atoms with E-state index in [1.807, 2.05) is 0 Å². The van der Waals surface area contributed by atoms with Crippen LogP contribution in [0.5, 0.6) is 0 Å². The summed E-state index contributed by atoms with van der Waals surface area (Å²) in [5.74, 6) is -1.84. The van der Waals surface area contributed by atoms with Gasteiger partial charge in [-0.1, -0.05) is 0 Å². The molecule has 0 spiro atoms. The van der Waals surface area contributed by atoms with Crippen LogP contribution in [-0.4, -0.2) is 22.5 Å². The van der Waals surface area contributed by atoms with Crippen LogP contribution in [-0.2, 0) is 6.42 Å². The normalized spacial score (nSPS) is 18.5. The first-order valence-corrected chi connectivity index (χ1v) is 6.08. The van der Waals surface area contributed by atoms with E-state index >= 15 is 0 Å². The van der Waals surface area contributed by atoms with Gasteiger partial charge in [-0.3, -0.25) is 0 Å². The quantitative estimate of drug-likeness (QED) is 0.816. The SMILES string of the molecule is Fc1ccc(-n2ncc3c2CC(C(F)(F)F)CN3)cc1. The first-order valence-electron chi connectivity index (χ1n) is 6.08. The standard InChI is InChI=1S/C13H11F4N3/c14-9-1-3-10(4-2-9)20-12-5-8(13(15,16)17)6-18-11(12)7-19-20/h1-4,7-8,18H,5-6H2. The first kappa shape index (κ1) is 13.0. The molecule has 0 aliphatic carbocycles. The molecule has 1 atom stereocenters. The van der Waals surface area contributed by atoms with E-state index in [0.29, 0.717) is 17.1 Å². The van der Waals surface area contributed by atoms with Crippen molar-refractivity contribution in [1.29, 1.82) is 0 Å². The molecule has 0 fully saturated rings. The van der Waals surface area contributed by atoms with Crippen LogP contribution in [0.2, 0.25) is 0 Å². The molecule has 0 amide bonds. The number of nitrogens with one attached hydrogen (secondary N) is 1. The van der Waals surface area contributed by atoms with Crippen molar-refractivity contribution in [1.82, 2.24) is 9.78 Å². The fraction of sp³-hybridized carbons (Fsp3) is 0.308. The molecule has 1 aromatic heterocycles. The monoisotopic (exact) mass is 285 g/mol. The van der Waals surface area contributed by atoms with E-state index < -0.39 is 17.9 Å². The molecule has 1 N–H and O–H groups in total. The van der Waals surface area contributed by atoms with Crippen LogP contribution in [0.25, 0.3) is 5.69 Å². The fourth-order valence-electron chi connectivity index (χ4n) is 2.29. The van der Waals surface area contributed by atoms with Crippen LogP contribution < -0.4 is 5.32 Å². The average molecular weight is 285 g/mol. The second-order valence-electron chi connectivity index (χ2n) is 4.72. The van der Waals surface area contributed by atoms with Crippen molar-refractivity contribution in [3.63, 3.8) is 0 Å². The summed E-state index contributed by atoms with van der Waals surface area (Å²) >= 11 is 0. The highest BCUT2D eigenvalue weighted by Gasteiger charge is 2.42. The van der Waals surface area contributed by atoms with Crippen molar-refractivity contribution in [2.45, 2.75) is 12.6 Å². The summed E-state index contributed by atoms with van der Waals surface area (Å²) in [6.07, 6.45) is -2.89. The van der Waals surface area contributed by atoms with Crippen LogP contribution in [0.1, 0.15) is 5.69 Å². The lowest BCUT2D eigenvalue weighted by atomic mass is 9.98. The third-order valence-corrected chi connectivity index (χ3v) is 3.38. The van der Waals surface area contributed by atoms with Crippen molar-refractivity contribution in [3.8, 4) is 5.69 Å². The molecule has 0 saturated heterocycles. The van der Waals surface area contributed by atoms with Gasteiger partial charge in [-0.2, -0.15) is 18.3 Å². The Morgan fingerprint density at radius 3 is 2.55 bits per heavy atom. The molecule has 0 saturated carbocycles. The summed E-state index contributed by atoms with van der Waals surface area (Å²) in [4.78, 5) is 0. The van der Waals surface area contributed by atoms with Crippen LogP contribution in [0.15, 0.2) is 30.5 Å². The average Bonchev–Trinajstić information content (AvgIpc) is 2.81. The zero-order valence-electron chi connectivity index (χ0n) is 10.3. The summed E-state index contributed by atoms with van der Waals surface area (Å²) in [6.45, 7) is -0.147. The Kier molecular flexibility index (Phi) is 2.92. The summed E-state index contributed by atoms with van der Waals surface area (Å²) in [5, 5.41) is 6.82. The zero-order valence-corrected chi connectivity index (χ0v) is 10.3. The molecule has 1 unspecified atom stereocenters. The maximum absolute atomic E-state index is 12.9. The number of alkyl halides is 3. The van der Waals surface area contributed by atoms with Crippen molar-refractivity contribution >= 4 is 5.69 Å². The van der Waals surface area contributed by atoms with Gasteiger partial charge in [-0.15, -0.1) is 0 Å². The molecule has 2 aromatic rings. The molecule has 1 aliphatic heterocycles. The highest BCUT2D eigenvalue weighted by Crippen LogP contribution is 2.35. The Hall–Kier alpha value is -2.05. The largest absolute Gasteiger partial charge is 0.393 e. The molecule has 3 nitrogen and oxygen atoms in total. The molecule has 1 aliphatic rings. The molecule has 106 valence electrons. The topological polar surface area (TPSA) is 29.9 Å². The van der Waals surface area contributed by atoms with Gasteiger partial charge in [-0.05, 0) is 24.3 Å². The fourth-order valence-corrected chi connectivity index (χ4v) is 2.29. The van der Waals surface area contributed by atoms with E-state index in [0.717, 1.165) is 0 Å². The van der Waals surface area contributed by atoms with E-state index in [-0.39, 0.29) is 13.0 Å². The Balaban J connectivity index is 1.97. The molecule has 2 heterocycles. The number of anilines is 1. The number of hydrogen-bond acceptors (Lipinski definition) is 2. The van der Waals surface area contributed by atoms with E-state index in [2.05, 4.69) is 10.4 Å². The van der Waals surface area contributed by atoms with Gasteiger partial charge in [0.15, 0.2) is 0 Å². The third-order valence-electron chi connectivity index (χ3n) is 3.38. The number of halogens is 4. The van der Waals surface area contributed by atoms with Gasteiger partial charge in [0.05, 0.1) is 29.2 Å². The Bertz CT molecular complexity index is 616.